The number of nitrogens with zero attached hydrogens (tertiary/aromatic N) is 1. The standard InChI is InChI=1S/C19H16ClNO3S/c1-3-21-18(22)16(12-4-8-14(24-2)9-5-12)17(19(21)23)25-15-10-6-13(20)7-11-15/h4-11H,3H2,1-2H3. The van der Waals surface area contributed by atoms with Crippen molar-refractivity contribution in [2.45, 2.75) is 11.8 Å². The van der Waals surface area contributed by atoms with Crippen molar-refractivity contribution in [3.05, 3.63) is 64.0 Å². The van der Waals surface area contributed by atoms with Gasteiger partial charge in [-0.1, -0.05) is 35.5 Å². The van der Waals surface area contributed by atoms with Crippen LogP contribution in [0.4, 0.5) is 0 Å². The number of hydrogen-bond acceptors (Lipinski definition) is 4. The van der Waals surface area contributed by atoms with E-state index in [1.807, 2.05) is 12.1 Å². The topological polar surface area (TPSA) is 46.6 Å². The summed E-state index contributed by atoms with van der Waals surface area (Å²) in [7, 11) is 1.58. The second-order valence-corrected chi connectivity index (χ2v) is 6.86. The zero-order chi connectivity index (χ0) is 18.0. The van der Waals surface area contributed by atoms with Gasteiger partial charge in [0.2, 0.25) is 0 Å². The summed E-state index contributed by atoms with van der Waals surface area (Å²) in [5, 5.41) is 0.623. The highest BCUT2D eigenvalue weighted by atomic mass is 35.5. The van der Waals surface area contributed by atoms with E-state index in [9.17, 15) is 9.59 Å². The molecule has 4 nitrogen and oxygen atoms in total. The van der Waals surface area contributed by atoms with Crippen LogP contribution in [0.2, 0.25) is 5.02 Å². The number of rotatable bonds is 5. The number of ether oxygens (including phenoxy) is 1. The Labute approximate surface area is 155 Å². The fourth-order valence-electron chi connectivity index (χ4n) is 2.57. The maximum absolute atomic E-state index is 12.7. The molecule has 2 aromatic rings. The maximum Gasteiger partial charge on any atom is 0.268 e. The molecular formula is C19H16ClNO3S. The number of carbonyl (C=O) groups excluding carboxylic acids is 2. The third-order valence-corrected chi connectivity index (χ3v) is 5.20. The van der Waals surface area contributed by atoms with Gasteiger partial charge in [0.1, 0.15) is 5.75 Å². The normalized spacial score (nSPS) is 14.4. The minimum atomic E-state index is -0.269. The molecule has 2 aromatic carbocycles. The number of likely N-dealkylation sites (N-methyl/N-ethyl adjacent to an activating group) is 1. The van der Waals surface area contributed by atoms with Crippen LogP contribution in [0.3, 0.4) is 0 Å². The number of halogens is 1. The molecule has 128 valence electrons. The van der Waals surface area contributed by atoms with Crippen molar-refractivity contribution in [1.82, 2.24) is 4.90 Å². The summed E-state index contributed by atoms with van der Waals surface area (Å²) in [4.78, 5) is 28.0. The van der Waals surface area contributed by atoms with Crippen LogP contribution < -0.4 is 4.74 Å². The van der Waals surface area contributed by atoms with E-state index in [1.165, 1.54) is 16.7 Å². The van der Waals surface area contributed by atoms with Gasteiger partial charge in [-0.2, -0.15) is 0 Å². The molecule has 0 N–H and O–H groups in total. The van der Waals surface area contributed by atoms with E-state index < -0.39 is 0 Å². The molecule has 3 rings (SSSR count). The molecule has 1 aliphatic heterocycles. The highest BCUT2D eigenvalue weighted by Gasteiger charge is 2.38. The first-order valence-electron chi connectivity index (χ1n) is 7.73. The lowest BCUT2D eigenvalue weighted by molar-refractivity contribution is -0.136. The van der Waals surface area contributed by atoms with E-state index in [-0.39, 0.29) is 11.8 Å². The minimum Gasteiger partial charge on any atom is -0.497 e. The predicted octanol–water partition coefficient (Wildman–Crippen LogP) is 4.24. The van der Waals surface area contributed by atoms with E-state index >= 15 is 0 Å². The SMILES string of the molecule is CCN1C(=O)C(Sc2ccc(Cl)cc2)=C(c2ccc(OC)cc2)C1=O. The molecule has 0 aliphatic carbocycles. The Balaban J connectivity index is 2.05. The van der Waals surface area contributed by atoms with Gasteiger partial charge < -0.3 is 4.74 Å². The number of hydrogen-bond donors (Lipinski definition) is 0. The summed E-state index contributed by atoms with van der Waals surface area (Å²) in [6.45, 7) is 2.12. The van der Waals surface area contributed by atoms with Crippen molar-refractivity contribution in [2.24, 2.45) is 0 Å². The van der Waals surface area contributed by atoms with E-state index in [4.69, 9.17) is 16.3 Å². The van der Waals surface area contributed by atoms with Crippen LogP contribution in [-0.2, 0) is 9.59 Å². The molecule has 0 radical (unpaired) electrons. The van der Waals surface area contributed by atoms with Gasteiger partial charge in [0.15, 0.2) is 0 Å². The number of benzene rings is 2. The van der Waals surface area contributed by atoms with Crippen molar-refractivity contribution in [3.63, 3.8) is 0 Å². The lowest BCUT2D eigenvalue weighted by atomic mass is 10.1. The monoisotopic (exact) mass is 373 g/mol. The Morgan fingerprint density at radius 2 is 1.64 bits per heavy atom. The molecule has 1 aliphatic rings. The molecule has 2 amide bonds. The Morgan fingerprint density at radius 1 is 1.00 bits per heavy atom. The first-order chi connectivity index (χ1) is 12.0. The van der Waals surface area contributed by atoms with Crippen LogP contribution >= 0.6 is 23.4 Å². The van der Waals surface area contributed by atoms with E-state index in [2.05, 4.69) is 0 Å². The largest absolute Gasteiger partial charge is 0.497 e. The Morgan fingerprint density at radius 3 is 2.20 bits per heavy atom. The Hall–Kier alpha value is -2.24. The van der Waals surface area contributed by atoms with Crippen LogP contribution in [-0.4, -0.2) is 30.4 Å². The molecule has 0 saturated heterocycles. The third kappa shape index (κ3) is 3.43. The average Bonchev–Trinajstić information content (AvgIpc) is 2.86. The van der Waals surface area contributed by atoms with Gasteiger partial charge in [-0.25, -0.2) is 0 Å². The summed E-state index contributed by atoms with van der Waals surface area (Å²) >= 11 is 7.20. The van der Waals surface area contributed by atoms with Crippen molar-refractivity contribution in [2.75, 3.05) is 13.7 Å². The zero-order valence-electron chi connectivity index (χ0n) is 13.8. The smallest absolute Gasteiger partial charge is 0.268 e. The van der Waals surface area contributed by atoms with Crippen molar-refractivity contribution in [1.29, 1.82) is 0 Å². The summed E-state index contributed by atoms with van der Waals surface area (Å²) in [6, 6.07) is 14.3. The molecular weight excluding hydrogens is 358 g/mol. The van der Waals surface area contributed by atoms with Crippen molar-refractivity contribution < 1.29 is 14.3 Å². The fourth-order valence-corrected chi connectivity index (χ4v) is 3.71. The summed E-state index contributed by atoms with van der Waals surface area (Å²) in [5.74, 6) is 0.160. The van der Waals surface area contributed by atoms with Gasteiger partial charge in [0, 0.05) is 16.5 Å². The van der Waals surface area contributed by atoms with Crippen LogP contribution in [0.25, 0.3) is 5.57 Å². The van der Waals surface area contributed by atoms with Crippen molar-refractivity contribution in [3.8, 4) is 5.75 Å². The lowest BCUT2D eigenvalue weighted by Gasteiger charge is -2.11. The van der Waals surface area contributed by atoms with Crippen LogP contribution in [0.15, 0.2) is 58.3 Å². The van der Waals surface area contributed by atoms with Gasteiger partial charge in [-0.15, -0.1) is 0 Å². The summed E-state index contributed by atoms with van der Waals surface area (Å²) < 4.78 is 5.16. The Kier molecular flexibility index (Phi) is 5.16. The second-order valence-electron chi connectivity index (χ2n) is 5.34. The summed E-state index contributed by atoms with van der Waals surface area (Å²) in [6.07, 6.45) is 0. The number of thioether (sulfide) groups is 1. The van der Waals surface area contributed by atoms with Crippen LogP contribution in [0, 0.1) is 0 Å². The van der Waals surface area contributed by atoms with Gasteiger partial charge in [0.05, 0.1) is 17.6 Å². The molecule has 0 fully saturated rings. The van der Waals surface area contributed by atoms with Gasteiger partial charge in [0.25, 0.3) is 11.8 Å². The molecule has 0 atom stereocenters. The zero-order valence-corrected chi connectivity index (χ0v) is 15.4. The number of carbonyl (C=O) groups is 2. The van der Waals surface area contributed by atoms with Gasteiger partial charge in [-0.05, 0) is 48.9 Å². The number of amides is 2. The molecule has 1 heterocycles. The Bertz CT molecular complexity index is 844. The quantitative estimate of drug-likeness (QED) is 0.735. The van der Waals surface area contributed by atoms with Crippen LogP contribution in [0.1, 0.15) is 12.5 Å². The fraction of sp³-hybridized carbons (Fsp3) is 0.158. The van der Waals surface area contributed by atoms with E-state index in [0.29, 0.717) is 33.4 Å². The highest BCUT2D eigenvalue weighted by molar-refractivity contribution is 8.04. The minimum absolute atomic E-state index is 0.265. The highest BCUT2D eigenvalue weighted by Crippen LogP contribution is 2.40. The maximum atomic E-state index is 12.7. The average molecular weight is 374 g/mol. The molecule has 0 aromatic heterocycles. The molecule has 0 saturated carbocycles. The number of imide groups is 1. The predicted molar refractivity (Wildman–Crippen MR) is 99.6 cm³/mol. The summed E-state index contributed by atoms with van der Waals surface area (Å²) in [5.41, 5.74) is 1.13. The van der Waals surface area contributed by atoms with E-state index in [1.54, 1.807) is 50.4 Å². The number of methoxy groups -OCH3 is 1. The first-order valence-corrected chi connectivity index (χ1v) is 8.93. The second kappa shape index (κ2) is 7.33. The van der Waals surface area contributed by atoms with Crippen LogP contribution in [0.5, 0.6) is 5.75 Å². The van der Waals surface area contributed by atoms with Crippen molar-refractivity contribution >= 4 is 40.8 Å². The third-order valence-electron chi connectivity index (χ3n) is 3.85. The van der Waals surface area contributed by atoms with Gasteiger partial charge >= 0.3 is 0 Å². The van der Waals surface area contributed by atoms with Gasteiger partial charge in [-0.3, -0.25) is 14.5 Å². The first kappa shape index (κ1) is 17.6. The molecule has 0 unspecified atom stereocenters. The molecule has 0 spiro atoms. The lowest BCUT2D eigenvalue weighted by Crippen LogP contribution is -2.31. The molecule has 0 bridgehead atoms. The molecule has 25 heavy (non-hydrogen) atoms. The molecule has 6 heteroatoms. The van der Waals surface area contributed by atoms with E-state index in [0.717, 1.165) is 4.90 Å².